The number of hydrogen-bond donors (Lipinski definition) is 1. The maximum atomic E-state index is 11.4. The van der Waals surface area contributed by atoms with E-state index in [4.69, 9.17) is 10.5 Å². The van der Waals surface area contributed by atoms with Crippen molar-refractivity contribution in [1.82, 2.24) is 0 Å². The molecule has 0 saturated carbocycles. The molecule has 0 heterocycles. The van der Waals surface area contributed by atoms with E-state index in [-0.39, 0.29) is 5.78 Å². The number of carbonyl (C=O) groups is 1. The largest absolute Gasteiger partial charge is 0.487 e. The molecule has 2 aromatic rings. The van der Waals surface area contributed by atoms with E-state index in [1.54, 1.807) is 12.1 Å². The van der Waals surface area contributed by atoms with Gasteiger partial charge in [-0.3, -0.25) is 4.79 Å². The Kier molecular flexibility index (Phi) is 4.22. The van der Waals surface area contributed by atoms with Crippen molar-refractivity contribution in [3.8, 4) is 5.75 Å². The zero-order valence-electron chi connectivity index (χ0n) is 10.5. The Balaban J connectivity index is 2.17. The first-order chi connectivity index (χ1) is 9.08. The fraction of sp³-hybridized carbons (Fsp3) is 0.133. The number of Topliss-reactive ketones (excluding diaryl/α,β-unsaturated/α-hetero) is 1. The Morgan fingerprint density at radius 1 is 1.26 bits per heavy atom. The third kappa shape index (κ3) is 3.35. The van der Waals surface area contributed by atoms with E-state index in [1.165, 1.54) is 6.92 Å². The van der Waals surface area contributed by atoms with Gasteiger partial charge < -0.3 is 10.5 Å². The van der Waals surface area contributed by atoms with Gasteiger partial charge in [-0.15, -0.1) is 0 Å². The highest BCUT2D eigenvalue weighted by atomic mass is 79.9. The lowest BCUT2D eigenvalue weighted by Gasteiger charge is -2.11. The first-order valence-electron chi connectivity index (χ1n) is 5.84. The zero-order valence-corrected chi connectivity index (χ0v) is 12.1. The number of carbonyl (C=O) groups excluding carboxylic acids is 1. The number of nitrogen functional groups attached to an aromatic ring is 1. The Morgan fingerprint density at radius 2 is 1.95 bits per heavy atom. The van der Waals surface area contributed by atoms with Gasteiger partial charge in [0.2, 0.25) is 0 Å². The van der Waals surface area contributed by atoms with E-state index in [9.17, 15) is 4.79 Å². The summed E-state index contributed by atoms with van der Waals surface area (Å²) in [5.74, 6) is 0.536. The van der Waals surface area contributed by atoms with Crippen LogP contribution in [0.15, 0.2) is 46.9 Å². The molecule has 2 aromatic carbocycles. The number of ketones is 1. The summed E-state index contributed by atoms with van der Waals surface area (Å²) in [6, 6.07) is 13.2. The number of anilines is 1. The van der Waals surface area contributed by atoms with Crippen molar-refractivity contribution in [2.75, 3.05) is 5.73 Å². The molecule has 0 unspecified atom stereocenters. The van der Waals surface area contributed by atoms with E-state index < -0.39 is 0 Å². The molecule has 0 saturated heterocycles. The number of rotatable bonds is 4. The lowest BCUT2D eigenvalue weighted by Crippen LogP contribution is -2.02. The van der Waals surface area contributed by atoms with Gasteiger partial charge >= 0.3 is 0 Å². The summed E-state index contributed by atoms with van der Waals surface area (Å²) in [5.41, 5.74) is 7.98. The van der Waals surface area contributed by atoms with Crippen LogP contribution >= 0.6 is 15.9 Å². The fourth-order valence-corrected chi connectivity index (χ4v) is 2.30. The van der Waals surface area contributed by atoms with Gasteiger partial charge in [-0.1, -0.05) is 30.3 Å². The first-order valence-corrected chi connectivity index (χ1v) is 6.64. The predicted molar refractivity (Wildman–Crippen MR) is 79.3 cm³/mol. The molecule has 0 aromatic heterocycles. The normalized spacial score (nSPS) is 10.2. The first kappa shape index (κ1) is 13.6. The van der Waals surface area contributed by atoms with Crippen molar-refractivity contribution in [1.29, 1.82) is 0 Å². The molecule has 0 aliphatic carbocycles. The second-order valence-electron chi connectivity index (χ2n) is 4.20. The van der Waals surface area contributed by atoms with Crippen molar-refractivity contribution in [3.63, 3.8) is 0 Å². The average molecular weight is 320 g/mol. The third-order valence-corrected chi connectivity index (χ3v) is 3.37. The maximum Gasteiger partial charge on any atom is 0.161 e. The highest BCUT2D eigenvalue weighted by Crippen LogP contribution is 2.30. The highest BCUT2D eigenvalue weighted by Gasteiger charge is 2.10. The molecule has 0 amide bonds. The van der Waals surface area contributed by atoms with Crippen molar-refractivity contribution in [2.24, 2.45) is 0 Å². The molecule has 3 nitrogen and oxygen atoms in total. The highest BCUT2D eigenvalue weighted by molar-refractivity contribution is 9.10. The number of benzene rings is 2. The van der Waals surface area contributed by atoms with Crippen molar-refractivity contribution < 1.29 is 9.53 Å². The summed E-state index contributed by atoms with van der Waals surface area (Å²) in [7, 11) is 0. The molecular weight excluding hydrogens is 306 g/mol. The fourth-order valence-electron chi connectivity index (χ4n) is 1.70. The van der Waals surface area contributed by atoms with Crippen LogP contribution in [0.4, 0.5) is 5.69 Å². The van der Waals surface area contributed by atoms with Gasteiger partial charge in [0.1, 0.15) is 12.4 Å². The Labute approximate surface area is 120 Å². The molecule has 0 aliphatic heterocycles. The molecule has 4 heteroatoms. The lowest BCUT2D eigenvalue weighted by atomic mass is 10.1. The molecule has 0 spiro atoms. The molecule has 2 N–H and O–H groups in total. The van der Waals surface area contributed by atoms with Crippen LogP contribution in [0.2, 0.25) is 0 Å². The van der Waals surface area contributed by atoms with Gasteiger partial charge in [-0.05, 0) is 40.5 Å². The zero-order chi connectivity index (χ0) is 13.8. The molecule has 0 radical (unpaired) electrons. The van der Waals surface area contributed by atoms with Crippen LogP contribution in [0, 0.1) is 0 Å². The van der Waals surface area contributed by atoms with Crippen LogP contribution in [0.3, 0.4) is 0 Å². The van der Waals surface area contributed by atoms with E-state index in [1.807, 2.05) is 30.3 Å². The van der Waals surface area contributed by atoms with Crippen LogP contribution in [-0.2, 0) is 6.61 Å². The SMILES string of the molecule is CC(=O)c1cc(N)c(OCc2ccccc2)cc1Br. The van der Waals surface area contributed by atoms with Crippen LogP contribution in [0.5, 0.6) is 5.75 Å². The predicted octanol–water partition coefficient (Wildman–Crippen LogP) is 3.81. The number of nitrogens with two attached hydrogens (primary N) is 1. The van der Waals surface area contributed by atoms with Crippen LogP contribution in [-0.4, -0.2) is 5.78 Å². The minimum Gasteiger partial charge on any atom is -0.487 e. The molecular formula is C15H14BrNO2. The Bertz CT molecular complexity index is 597. The molecule has 0 atom stereocenters. The number of ether oxygens (including phenoxy) is 1. The number of halogens is 1. The van der Waals surface area contributed by atoms with Crippen molar-refractivity contribution >= 4 is 27.4 Å². The van der Waals surface area contributed by atoms with Crippen LogP contribution in [0.25, 0.3) is 0 Å². The third-order valence-electron chi connectivity index (χ3n) is 2.72. The second-order valence-corrected chi connectivity index (χ2v) is 5.05. The number of hydrogen-bond acceptors (Lipinski definition) is 3. The van der Waals surface area contributed by atoms with Crippen molar-refractivity contribution in [2.45, 2.75) is 13.5 Å². The molecule has 2 rings (SSSR count). The summed E-state index contributed by atoms with van der Waals surface area (Å²) in [6.07, 6.45) is 0. The van der Waals surface area contributed by atoms with Gasteiger partial charge in [0.25, 0.3) is 0 Å². The van der Waals surface area contributed by atoms with Gasteiger partial charge in [-0.25, -0.2) is 0 Å². The summed E-state index contributed by atoms with van der Waals surface area (Å²) in [4.78, 5) is 11.4. The van der Waals surface area contributed by atoms with E-state index in [0.29, 0.717) is 28.1 Å². The summed E-state index contributed by atoms with van der Waals surface area (Å²) >= 11 is 3.35. The maximum absolute atomic E-state index is 11.4. The van der Waals surface area contributed by atoms with Crippen LogP contribution in [0.1, 0.15) is 22.8 Å². The summed E-state index contributed by atoms with van der Waals surface area (Å²) in [5, 5.41) is 0. The van der Waals surface area contributed by atoms with Crippen LogP contribution < -0.4 is 10.5 Å². The smallest absolute Gasteiger partial charge is 0.161 e. The monoisotopic (exact) mass is 319 g/mol. The Hall–Kier alpha value is -1.81. The van der Waals surface area contributed by atoms with E-state index >= 15 is 0 Å². The minimum atomic E-state index is -0.0341. The second kappa shape index (κ2) is 5.89. The molecule has 0 bridgehead atoms. The lowest BCUT2D eigenvalue weighted by molar-refractivity contribution is 0.101. The molecule has 0 aliphatic rings. The topological polar surface area (TPSA) is 52.3 Å². The standard InChI is InChI=1S/C15H14BrNO2/c1-10(18)12-7-14(17)15(8-13(12)16)19-9-11-5-3-2-4-6-11/h2-8H,9,17H2,1H3. The summed E-state index contributed by atoms with van der Waals surface area (Å²) in [6.45, 7) is 1.95. The summed E-state index contributed by atoms with van der Waals surface area (Å²) < 4.78 is 6.36. The van der Waals surface area contributed by atoms with Gasteiger partial charge in [0.15, 0.2) is 5.78 Å². The van der Waals surface area contributed by atoms with Gasteiger partial charge in [0.05, 0.1) is 5.69 Å². The molecule has 0 fully saturated rings. The quantitative estimate of drug-likeness (QED) is 0.688. The van der Waals surface area contributed by atoms with Crippen molar-refractivity contribution in [3.05, 3.63) is 58.1 Å². The van der Waals surface area contributed by atoms with E-state index in [2.05, 4.69) is 15.9 Å². The molecule has 19 heavy (non-hydrogen) atoms. The minimum absolute atomic E-state index is 0.0341. The van der Waals surface area contributed by atoms with Gasteiger partial charge in [-0.2, -0.15) is 0 Å². The molecule has 98 valence electrons. The Morgan fingerprint density at radius 3 is 2.58 bits per heavy atom. The van der Waals surface area contributed by atoms with Gasteiger partial charge in [0, 0.05) is 10.0 Å². The average Bonchev–Trinajstić information content (AvgIpc) is 2.40. The van der Waals surface area contributed by atoms with E-state index in [0.717, 1.165) is 5.56 Å².